The number of nitrogens with one attached hydrogen (secondary N) is 2. The Balaban J connectivity index is 1.96. The summed E-state index contributed by atoms with van der Waals surface area (Å²) in [5, 5.41) is 12.3. The van der Waals surface area contributed by atoms with Gasteiger partial charge >= 0.3 is 5.97 Å². The number of hydrogen-bond donors (Lipinski definition) is 3. The number of alkyl halides is 1. The molecule has 2 rings (SSSR count). The summed E-state index contributed by atoms with van der Waals surface area (Å²) < 4.78 is 39.2. The number of fused-ring (bicyclic) bond motifs is 1. The Morgan fingerprint density at radius 3 is 2.44 bits per heavy atom. The standard InChI is InChI=1S/C16H17FN2O5S/c17-10-14(16(21)22)19-15(20)7-8-18-25(23,24)13-6-5-11-3-1-2-4-12(11)9-13/h1-6,9,14,18H,7-8,10H2,(H,19,20)(H,21,22). The van der Waals surface area contributed by atoms with Crippen LogP contribution in [0.3, 0.4) is 0 Å². The van der Waals surface area contributed by atoms with Crippen molar-refractivity contribution in [3.63, 3.8) is 0 Å². The molecule has 0 saturated carbocycles. The van der Waals surface area contributed by atoms with Crippen molar-refractivity contribution in [1.29, 1.82) is 0 Å². The second-order valence-electron chi connectivity index (χ2n) is 5.27. The van der Waals surface area contributed by atoms with Crippen LogP contribution in [0.25, 0.3) is 10.8 Å². The molecule has 134 valence electrons. The van der Waals surface area contributed by atoms with Crippen molar-refractivity contribution in [3.05, 3.63) is 42.5 Å². The molecule has 0 fully saturated rings. The van der Waals surface area contributed by atoms with E-state index in [1.807, 2.05) is 17.4 Å². The zero-order valence-electron chi connectivity index (χ0n) is 13.1. The van der Waals surface area contributed by atoms with Gasteiger partial charge < -0.3 is 10.4 Å². The molecule has 0 saturated heterocycles. The highest BCUT2D eigenvalue weighted by molar-refractivity contribution is 7.89. The highest BCUT2D eigenvalue weighted by Crippen LogP contribution is 2.18. The third kappa shape index (κ3) is 4.97. The van der Waals surface area contributed by atoms with E-state index in [1.54, 1.807) is 18.2 Å². The SMILES string of the molecule is O=C(CCNS(=O)(=O)c1ccc2ccccc2c1)NC(CF)C(=O)O. The lowest BCUT2D eigenvalue weighted by molar-refractivity contribution is -0.142. The number of halogens is 1. The largest absolute Gasteiger partial charge is 0.480 e. The Kier molecular flexibility index (Phi) is 6.05. The fourth-order valence-electron chi connectivity index (χ4n) is 2.15. The van der Waals surface area contributed by atoms with Gasteiger partial charge in [-0.25, -0.2) is 22.3 Å². The molecule has 7 nitrogen and oxygen atoms in total. The van der Waals surface area contributed by atoms with Crippen molar-refractivity contribution in [1.82, 2.24) is 10.0 Å². The van der Waals surface area contributed by atoms with Gasteiger partial charge in [-0.15, -0.1) is 0 Å². The van der Waals surface area contributed by atoms with Crippen LogP contribution in [-0.4, -0.2) is 44.7 Å². The zero-order chi connectivity index (χ0) is 18.4. The predicted molar refractivity (Wildman–Crippen MR) is 89.3 cm³/mol. The van der Waals surface area contributed by atoms with Gasteiger partial charge in [0.1, 0.15) is 6.67 Å². The van der Waals surface area contributed by atoms with Gasteiger partial charge in [-0.3, -0.25) is 4.79 Å². The van der Waals surface area contributed by atoms with Crippen LogP contribution in [0.5, 0.6) is 0 Å². The maximum Gasteiger partial charge on any atom is 0.328 e. The van der Waals surface area contributed by atoms with Crippen LogP contribution in [0.2, 0.25) is 0 Å². The molecule has 0 aliphatic carbocycles. The summed E-state index contributed by atoms with van der Waals surface area (Å²) in [4.78, 5) is 22.2. The van der Waals surface area contributed by atoms with Crippen molar-refractivity contribution in [2.24, 2.45) is 0 Å². The number of benzene rings is 2. The van der Waals surface area contributed by atoms with Gasteiger partial charge in [0.05, 0.1) is 4.90 Å². The summed E-state index contributed by atoms with van der Waals surface area (Å²) >= 11 is 0. The molecule has 0 bridgehead atoms. The number of aliphatic carboxylic acids is 1. The smallest absolute Gasteiger partial charge is 0.328 e. The predicted octanol–water partition coefficient (Wildman–Crippen LogP) is 1.05. The van der Waals surface area contributed by atoms with Crippen LogP contribution in [0.15, 0.2) is 47.4 Å². The monoisotopic (exact) mass is 368 g/mol. The van der Waals surface area contributed by atoms with E-state index in [1.165, 1.54) is 12.1 Å². The third-order valence-electron chi connectivity index (χ3n) is 3.46. The average Bonchev–Trinajstić information content (AvgIpc) is 2.58. The number of carboxylic acid groups (broad SMARTS) is 1. The Labute approximate surface area is 143 Å². The van der Waals surface area contributed by atoms with E-state index in [2.05, 4.69) is 4.72 Å². The van der Waals surface area contributed by atoms with Crippen molar-refractivity contribution in [3.8, 4) is 0 Å². The van der Waals surface area contributed by atoms with Gasteiger partial charge in [-0.2, -0.15) is 0 Å². The van der Waals surface area contributed by atoms with Crippen LogP contribution >= 0.6 is 0 Å². The first-order valence-electron chi connectivity index (χ1n) is 7.40. The Morgan fingerprint density at radius 1 is 1.12 bits per heavy atom. The van der Waals surface area contributed by atoms with E-state index in [-0.39, 0.29) is 17.9 Å². The Hall–Kier alpha value is -2.52. The Morgan fingerprint density at radius 2 is 1.80 bits per heavy atom. The van der Waals surface area contributed by atoms with Crippen LogP contribution in [-0.2, 0) is 19.6 Å². The topological polar surface area (TPSA) is 113 Å². The summed E-state index contributed by atoms with van der Waals surface area (Å²) in [6, 6.07) is 10.3. The molecule has 2 aromatic rings. The van der Waals surface area contributed by atoms with Gasteiger partial charge in [0.15, 0.2) is 6.04 Å². The van der Waals surface area contributed by atoms with Gasteiger partial charge in [0, 0.05) is 13.0 Å². The molecule has 0 radical (unpaired) electrons. The van der Waals surface area contributed by atoms with Crippen molar-refractivity contribution in [2.45, 2.75) is 17.4 Å². The summed E-state index contributed by atoms with van der Waals surface area (Å²) in [6.45, 7) is -1.48. The van der Waals surface area contributed by atoms with Crippen LogP contribution < -0.4 is 10.0 Å². The molecule has 0 aliphatic heterocycles. The van der Waals surface area contributed by atoms with E-state index in [9.17, 15) is 22.4 Å². The summed E-state index contributed by atoms with van der Waals surface area (Å²) in [6.07, 6.45) is -0.309. The molecular formula is C16H17FN2O5S. The lowest BCUT2D eigenvalue weighted by atomic mass is 10.1. The maximum atomic E-state index is 12.4. The van der Waals surface area contributed by atoms with E-state index < -0.39 is 34.6 Å². The minimum Gasteiger partial charge on any atom is -0.480 e. The molecule has 1 amide bonds. The first-order valence-corrected chi connectivity index (χ1v) is 8.88. The second-order valence-corrected chi connectivity index (χ2v) is 7.04. The van der Waals surface area contributed by atoms with Crippen molar-refractivity contribution >= 4 is 32.7 Å². The minimum atomic E-state index is -3.82. The number of carbonyl (C=O) groups excluding carboxylic acids is 1. The molecule has 25 heavy (non-hydrogen) atoms. The quantitative estimate of drug-likeness (QED) is 0.645. The number of carboxylic acids is 1. The number of amides is 1. The van der Waals surface area contributed by atoms with Gasteiger partial charge in [0.25, 0.3) is 0 Å². The lowest BCUT2D eigenvalue weighted by Gasteiger charge is -2.11. The summed E-state index contributed by atoms with van der Waals surface area (Å²) in [5.41, 5.74) is 0. The highest BCUT2D eigenvalue weighted by Gasteiger charge is 2.20. The number of hydrogen-bond acceptors (Lipinski definition) is 4. The lowest BCUT2D eigenvalue weighted by Crippen LogP contribution is -2.43. The first kappa shape index (κ1) is 18.8. The molecule has 0 aromatic heterocycles. The average molecular weight is 368 g/mol. The van der Waals surface area contributed by atoms with E-state index in [0.717, 1.165) is 10.8 Å². The molecule has 1 unspecified atom stereocenters. The molecule has 0 aliphatic rings. The van der Waals surface area contributed by atoms with Crippen LogP contribution in [0, 0.1) is 0 Å². The number of carbonyl (C=O) groups is 2. The fourth-order valence-corrected chi connectivity index (χ4v) is 3.22. The maximum absolute atomic E-state index is 12.4. The van der Waals surface area contributed by atoms with Gasteiger partial charge in [-0.05, 0) is 22.9 Å². The molecule has 3 N–H and O–H groups in total. The Bertz CT molecular complexity index is 885. The summed E-state index contributed by atoms with van der Waals surface area (Å²) in [7, 11) is -3.82. The molecular weight excluding hydrogens is 351 g/mol. The second kappa shape index (κ2) is 8.04. The van der Waals surface area contributed by atoms with E-state index in [0.29, 0.717) is 0 Å². The van der Waals surface area contributed by atoms with Gasteiger partial charge in [-0.1, -0.05) is 30.3 Å². The molecule has 1 atom stereocenters. The zero-order valence-corrected chi connectivity index (χ0v) is 13.9. The van der Waals surface area contributed by atoms with Crippen molar-refractivity contribution in [2.75, 3.05) is 13.2 Å². The number of rotatable bonds is 8. The molecule has 0 heterocycles. The summed E-state index contributed by atoms with van der Waals surface area (Å²) in [5.74, 6) is -2.25. The first-order chi connectivity index (χ1) is 11.8. The third-order valence-corrected chi connectivity index (χ3v) is 4.92. The molecule has 2 aromatic carbocycles. The van der Waals surface area contributed by atoms with Gasteiger partial charge in [0.2, 0.25) is 15.9 Å². The normalized spacial score (nSPS) is 12.7. The van der Waals surface area contributed by atoms with Crippen molar-refractivity contribution < 1.29 is 27.5 Å². The fraction of sp³-hybridized carbons (Fsp3) is 0.250. The van der Waals surface area contributed by atoms with Crippen LogP contribution in [0.4, 0.5) is 4.39 Å². The van der Waals surface area contributed by atoms with E-state index in [4.69, 9.17) is 5.11 Å². The minimum absolute atomic E-state index is 0.0544. The highest BCUT2D eigenvalue weighted by atomic mass is 32.2. The number of sulfonamides is 1. The molecule has 9 heteroatoms. The molecule has 0 spiro atoms. The van der Waals surface area contributed by atoms with E-state index >= 15 is 0 Å². The van der Waals surface area contributed by atoms with Crippen LogP contribution in [0.1, 0.15) is 6.42 Å².